The van der Waals surface area contributed by atoms with Gasteiger partial charge >= 0.3 is 0 Å². The van der Waals surface area contributed by atoms with Crippen LogP contribution in [0.15, 0.2) is 51.8 Å². The molecule has 0 aliphatic rings. The highest BCUT2D eigenvalue weighted by atomic mass is 79.9. The zero-order valence-electron chi connectivity index (χ0n) is 11.5. The second-order valence-corrected chi connectivity index (χ2v) is 6.70. The quantitative estimate of drug-likeness (QED) is 0.438. The average Bonchev–Trinajstić information content (AvgIpc) is 2.50. The monoisotopic (exact) mass is 386 g/mol. The molecule has 2 aromatic rings. The minimum Gasteiger partial charge on any atom is -0.496 e. The van der Waals surface area contributed by atoms with Crippen molar-refractivity contribution in [1.82, 2.24) is 5.43 Å². The number of nitrogens with one attached hydrogen (secondary N) is 1. The van der Waals surface area contributed by atoms with Gasteiger partial charge in [-0.2, -0.15) is 0 Å². The number of benzene rings is 2. The van der Waals surface area contributed by atoms with E-state index in [0.717, 1.165) is 21.5 Å². The molecule has 0 saturated heterocycles. The number of halogens is 2. The lowest BCUT2D eigenvalue weighted by Gasteiger charge is -2.19. The maximum Gasteiger partial charge on any atom is 0.123 e. The van der Waals surface area contributed by atoms with Gasteiger partial charge in [-0.1, -0.05) is 23.7 Å². The summed E-state index contributed by atoms with van der Waals surface area (Å²) in [5.74, 6) is 7.24. The Hall–Kier alpha value is -0.720. The number of hydrazine groups is 1. The van der Waals surface area contributed by atoms with E-state index in [1.807, 2.05) is 30.3 Å². The summed E-state index contributed by atoms with van der Waals surface area (Å²) < 4.78 is 6.46. The third-order valence-electron chi connectivity index (χ3n) is 3.01. The maximum atomic E-state index is 6.08. The number of hydrogen-bond donors (Lipinski definition) is 2. The number of hydrogen-bond acceptors (Lipinski definition) is 4. The molecule has 0 aromatic heterocycles. The van der Waals surface area contributed by atoms with Gasteiger partial charge in [0.25, 0.3) is 0 Å². The van der Waals surface area contributed by atoms with Crippen LogP contribution in [0.5, 0.6) is 5.75 Å². The normalized spacial score (nSPS) is 12.2. The van der Waals surface area contributed by atoms with E-state index >= 15 is 0 Å². The van der Waals surface area contributed by atoms with Crippen molar-refractivity contribution in [2.75, 3.05) is 12.9 Å². The summed E-state index contributed by atoms with van der Waals surface area (Å²) in [6.07, 6.45) is 0. The van der Waals surface area contributed by atoms with Crippen LogP contribution >= 0.6 is 39.3 Å². The molecular formula is C15H16BrClN2OS. The van der Waals surface area contributed by atoms with Gasteiger partial charge in [-0.05, 0) is 46.3 Å². The molecule has 2 rings (SSSR count). The smallest absolute Gasteiger partial charge is 0.123 e. The van der Waals surface area contributed by atoms with Crippen LogP contribution in [0.25, 0.3) is 0 Å². The van der Waals surface area contributed by atoms with Gasteiger partial charge in [-0.25, -0.2) is 0 Å². The van der Waals surface area contributed by atoms with Crippen molar-refractivity contribution in [3.8, 4) is 5.75 Å². The highest BCUT2D eigenvalue weighted by Crippen LogP contribution is 2.34. The van der Waals surface area contributed by atoms with Crippen molar-refractivity contribution < 1.29 is 4.74 Å². The van der Waals surface area contributed by atoms with Gasteiger partial charge in [0.15, 0.2) is 0 Å². The lowest BCUT2D eigenvalue weighted by atomic mass is 10.1. The molecule has 2 aromatic carbocycles. The third-order valence-corrected chi connectivity index (χ3v) is 5.37. The molecule has 0 aliphatic heterocycles. The van der Waals surface area contributed by atoms with Crippen molar-refractivity contribution >= 4 is 39.3 Å². The van der Waals surface area contributed by atoms with E-state index in [0.29, 0.717) is 5.02 Å². The van der Waals surface area contributed by atoms with Crippen molar-refractivity contribution in [2.45, 2.75) is 10.9 Å². The predicted octanol–water partition coefficient (Wildman–Crippen LogP) is 4.41. The molecule has 1 unspecified atom stereocenters. The van der Waals surface area contributed by atoms with Crippen molar-refractivity contribution in [1.29, 1.82) is 0 Å². The largest absolute Gasteiger partial charge is 0.496 e. The van der Waals surface area contributed by atoms with Crippen molar-refractivity contribution in [3.63, 3.8) is 0 Å². The van der Waals surface area contributed by atoms with E-state index in [4.69, 9.17) is 22.2 Å². The average molecular weight is 388 g/mol. The molecule has 0 bridgehead atoms. The Labute approximate surface area is 142 Å². The molecule has 0 radical (unpaired) electrons. The second kappa shape index (κ2) is 8.06. The Kier molecular flexibility index (Phi) is 6.39. The Balaban J connectivity index is 2.17. The second-order valence-electron chi connectivity index (χ2n) is 4.35. The summed E-state index contributed by atoms with van der Waals surface area (Å²) in [5.41, 5.74) is 3.79. The molecule has 0 saturated carbocycles. The summed E-state index contributed by atoms with van der Waals surface area (Å²) in [7, 11) is 1.64. The van der Waals surface area contributed by atoms with E-state index in [2.05, 4.69) is 27.4 Å². The first-order valence-corrected chi connectivity index (χ1v) is 8.48. The fourth-order valence-electron chi connectivity index (χ4n) is 1.94. The fraction of sp³-hybridized carbons (Fsp3) is 0.200. The van der Waals surface area contributed by atoms with Crippen molar-refractivity contribution in [2.24, 2.45) is 5.84 Å². The summed E-state index contributed by atoms with van der Waals surface area (Å²) in [6, 6.07) is 13.6. The molecule has 0 fully saturated rings. The van der Waals surface area contributed by atoms with Gasteiger partial charge in [-0.15, -0.1) is 11.8 Å². The van der Waals surface area contributed by atoms with E-state index < -0.39 is 0 Å². The van der Waals surface area contributed by atoms with Crippen LogP contribution in [0.1, 0.15) is 11.6 Å². The van der Waals surface area contributed by atoms with Gasteiger partial charge in [0.1, 0.15) is 5.75 Å². The summed E-state index contributed by atoms with van der Waals surface area (Å²) in [5, 5.41) is 0.664. The molecule has 21 heavy (non-hydrogen) atoms. The van der Waals surface area contributed by atoms with Gasteiger partial charge in [0.2, 0.25) is 0 Å². The molecule has 0 spiro atoms. The topological polar surface area (TPSA) is 47.3 Å². The summed E-state index contributed by atoms with van der Waals surface area (Å²) in [4.78, 5) is 1.17. The van der Waals surface area contributed by atoms with Gasteiger partial charge in [-0.3, -0.25) is 11.3 Å². The highest BCUT2D eigenvalue weighted by molar-refractivity contribution is 9.10. The van der Waals surface area contributed by atoms with Crippen LogP contribution in [0, 0.1) is 0 Å². The first-order valence-electron chi connectivity index (χ1n) is 6.32. The molecule has 3 nitrogen and oxygen atoms in total. The van der Waals surface area contributed by atoms with Crippen LogP contribution in [-0.4, -0.2) is 12.9 Å². The Morgan fingerprint density at radius 1 is 1.33 bits per heavy atom. The van der Waals surface area contributed by atoms with Crippen molar-refractivity contribution in [3.05, 3.63) is 57.5 Å². The summed E-state index contributed by atoms with van der Waals surface area (Å²) in [6.45, 7) is 0. The molecule has 3 N–H and O–H groups in total. The first kappa shape index (κ1) is 16.6. The SMILES string of the molecule is COc1ccc(Cl)cc1C(CSc1ccccc1Br)NN. The third kappa shape index (κ3) is 4.37. The van der Waals surface area contributed by atoms with E-state index in [1.54, 1.807) is 24.9 Å². The maximum absolute atomic E-state index is 6.08. The Morgan fingerprint density at radius 3 is 2.76 bits per heavy atom. The molecule has 0 amide bonds. The Bertz CT molecular complexity index is 612. The van der Waals surface area contributed by atoms with E-state index in [-0.39, 0.29) is 6.04 Å². The standard InChI is InChI=1S/C15H16BrClN2OS/c1-20-14-7-6-10(17)8-11(14)13(19-18)9-21-15-5-3-2-4-12(15)16/h2-8,13,19H,9,18H2,1H3. The first-order chi connectivity index (χ1) is 10.2. The van der Waals surface area contributed by atoms with Gasteiger partial charge in [0, 0.05) is 25.7 Å². The number of thioether (sulfide) groups is 1. The van der Waals surface area contributed by atoms with Crippen LogP contribution < -0.4 is 16.0 Å². The molecule has 112 valence electrons. The van der Waals surface area contributed by atoms with Gasteiger partial charge < -0.3 is 4.74 Å². The number of methoxy groups -OCH3 is 1. The zero-order chi connectivity index (χ0) is 15.2. The number of rotatable bonds is 6. The highest BCUT2D eigenvalue weighted by Gasteiger charge is 2.16. The van der Waals surface area contributed by atoms with Crippen LogP contribution in [-0.2, 0) is 0 Å². The zero-order valence-corrected chi connectivity index (χ0v) is 14.6. The molecule has 6 heteroatoms. The predicted molar refractivity (Wildman–Crippen MR) is 92.9 cm³/mol. The minimum absolute atomic E-state index is 0.0595. The number of ether oxygens (including phenoxy) is 1. The Morgan fingerprint density at radius 2 is 2.10 bits per heavy atom. The molecular weight excluding hydrogens is 372 g/mol. The number of nitrogens with two attached hydrogens (primary N) is 1. The van der Waals surface area contributed by atoms with E-state index in [1.165, 1.54) is 4.90 Å². The van der Waals surface area contributed by atoms with E-state index in [9.17, 15) is 0 Å². The lowest BCUT2D eigenvalue weighted by Crippen LogP contribution is -2.30. The molecule has 1 atom stereocenters. The van der Waals surface area contributed by atoms with Crippen LogP contribution in [0.2, 0.25) is 5.02 Å². The van der Waals surface area contributed by atoms with Gasteiger partial charge in [0.05, 0.1) is 13.2 Å². The molecule has 0 heterocycles. The lowest BCUT2D eigenvalue weighted by molar-refractivity contribution is 0.403. The van der Waals surface area contributed by atoms with Crippen LogP contribution in [0.4, 0.5) is 0 Å². The minimum atomic E-state index is -0.0595. The fourth-order valence-corrected chi connectivity index (χ4v) is 3.75. The summed E-state index contributed by atoms with van der Waals surface area (Å²) >= 11 is 11.3. The molecule has 0 aliphatic carbocycles. The van der Waals surface area contributed by atoms with Crippen LogP contribution in [0.3, 0.4) is 0 Å².